The summed E-state index contributed by atoms with van der Waals surface area (Å²) in [6, 6.07) is 18.3. The van der Waals surface area contributed by atoms with Crippen molar-refractivity contribution < 1.29 is 28.6 Å². The van der Waals surface area contributed by atoms with E-state index >= 15 is 0 Å². The number of H-pyrrole nitrogens is 1. The van der Waals surface area contributed by atoms with Crippen molar-refractivity contribution in [1.29, 1.82) is 0 Å². The first-order valence-electron chi connectivity index (χ1n) is 11.7. The molecule has 8 heteroatoms. The van der Waals surface area contributed by atoms with Crippen LogP contribution in [-0.2, 0) is 20.7 Å². The maximum Gasteiger partial charge on any atom is 0.337 e. The summed E-state index contributed by atoms with van der Waals surface area (Å²) in [6.45, 7) is 0.204. The Balaban J connectivity index is 1.56. The number of methoxy groups -OCH3 is 1. The number of aromatic amines is 1. The number of aliphatic hydroxyl groups excluding tert-OH is 1. The van der Waals surface area contributed by atoms with Crippen LogP contribution in [-0.4, -0.2) is 46.3 Å². The van der Waals surface area contributed by atoms with Gasteiger partial charge in [0.15, 0.2) is 0 Å². The average Bonchev–Trinajstić information content (AvgIpc) is 3.45. The van der Waals surface area contributed by atoms with E-state index in [1.165, 1.54) is 36.3 Å². The third kappa shape index (κ3) is 4.38. The molecule has 0 spiro atoms. The first-order chi connectivity index (χ1) is 17.9. The molecule has 1 atom stereocenters. The van der Waals surface area contributed by atoms with Gasteiger partial charge in [0.1, 0.15) is 11.6 Å². The Morgan fingerprint density at radius 2 is 1.68 bits per heavy atom. The third-order valence-corrected chi connectivity index (χ3v) is 6.60. The number of hydrogen-bond donors (Lipinski definition) is 2. The van der Waals surface area contributed by atoms with Crippen LogP contribution in [0, 0.1) is 5.82 Å². The van der Waals surface area contributed by atoms with E-state index in [1.54, 1.807) is 24.3 Å². The van der Waals surface area contributed by atoms with Crippen molar-refractivity contribution in [3.63, 3.8) is 0 Å². The summed E-state index contributed by atoms with van der Waals surface area (Å²) in [4.78, 5) is 43.0. The van der Waals surface area contributed by atoms with Crippen LogP contribution in [0.4, 0.5) is 4.39 Å². The summed E-state index contributed by atoms with van der Waals surface area (Å²) >= 11 is 0. The molecule has 0 radical (unpaired) electrons. The molecule has 1 amide bonds. The Labute approximate surface area is 211 Å². The number of aliphatic hydroxyl groups is 1. The number of amides is 1. The van der Waals surface area contributed by atoms with E-state index in [-0.39, 0.29) is 17.7 Å². The second kappa shape index (κ2) is 9.73. The molecule has 7 nitrogen and oxygen atoms in total. The number of esters is 1. The van der Waals surface area contributed by atoms with Crippen molar-refractivity contribution in [2.24, 2.45) is 0 Å². The Morgan fingerprint density at radius 3 is 2.38 bits per heavy atom. The van der Waals surface area contributed by atoms with Crippen molar-refractivity contribution in [3.05, 3.63) is 113 Å². The minimum atomic E-state index is -0.901. The van der Waals surface area contributed by atoms with Gasteiger partial charge >= 0.3 is 5.97 Å². The number of likely N-dealkylation sites (tertiary alicyclic amines) is 1. The van der Waals surface area contributed by atoms with Crippen LogP contribution >= 0.6 is 0 Å². The topological polar surface area (TPSA) is 99.7 Å². The van der Waals surface area contributed by atoms with Gasteiger partial charge in [-0.25, -0.2) is 9.18 Å². The van der Waals surface area contributed by atoms with Crippen LogP contribution in [0.5, 0.6) is 0 Å². The zero-order valence-corrected chi connectivity index (χ0v) is 19.9. The Kier molecular flexibility index (Phi) is 6.31. The minimum Gasteiger partial charge on any atom is -0.507 e. The molecule has 0 saturated carbocycles. The van der Waals surface area contributed by atoms with Gasteiger partial charge in [0.25, 0.3) is 11.7 Å². The lowest BCUT2D eigenvalue weighted by Gasteiger charge is -2.25. The van der Waals surface area contributed by atoms with Crippen LogP contribution in [0.1, 0.15) is 33.1 Å². The van der Waals surface area contributed by atoms with Crippen molar-refractivity contribution in [2.45, 2.75) is 12.5 Å². The number of Topliss-reactive ketones (excluding diaryl/α,β-unsaturated/α-hetero) is 1. The summed E-state index contributed by atoms with van der Waals surface area (Å²) in [6.07, 6.45) is 2.34. The molecule has 3 aromatic carbocycles. The Morgan fingerprint density at radius 1 is 1.00 bits per heavy atom. The van der Waals surface area contributed by atoms with Gasteiger partial charge < -0.3 is 19.7 Å². The van der Waals surface area contributed by atoms with Crippen molar-refractivity contribution in [2.75, 3.05) is 13.7 Å². The van der Waals surface area contributed by atoms with Crippen LogP contribution < -0.4 is 0 Å². The number of hydrogen-bond acceptors (Lipinski definition) is 5. The number of nitrogens with zero attached hydrogens (tertiary/aromatic N) is 1. The smallest absolute Gasteiger partial charge is 0.337 e. The fraction of sp³-hybridized carbons (Fsp3) is 0.138. The molecule has 0 aliphatic carbocycles. The summed E-state index contributed by atoms with van der Waals surface area (Å²) in [5.41, 5.74) is 2.91. The monoisotopic (exact) mass is 498 g/mol. The number of nitrogens with one attached hydrogen (secondary N) is 1. The van der Waals surface area contributed by atoms with Gasteiger partial charge in [-0.15, -0.1) is 0 Å². The molecular formula is C29H23FN2O5. The highest BCUT2D eigenvalue weighted by atomic mass is 19.1. The lowest BCUT2D eigenvalue weighted by molar-refractivity contribution is -0.139. The van der Waals surface area contributed by atoms with Crippen LogP contribution in [0.3, 0.4) is 0 Å². The van der Waals surface area contributed by atoms with Crippen molar-refractivity contribution in [3.8, 4) is 0 Å². The summed E-state index contributed by atoms with van der Waals surface area (Å²) in [5.74, 6) is -2.99. The number of aromatic nitrogens is 1. The second-order valence-corrected chi connectivity index (χ2v) is 8.72. The van der Waals surface area contributed by atoms with E-state index < -0.39 is 35.3 Å². The average molecular weight is 499 g/mol. The van der Waals surface area contributed by atoms with E-state index in [1.807, 2.05) is 30.5 Å². The number of ether oxygens (including phenoxy) is 1. The van der Waals surface area contributed by atoms with Gasteiger partial charge in [-0.05, 0) is 60.0 Å². The molecule has 186 valence electrons. The Bertz CT molecular complexity index is 1540. The number of ketones is 1. The molecule has 2 heterocycles. The lowest BCUT2D eigenvalue weighted by atomic mass is 9.94. The van der Waals surface area contributed by atoms with Crippen molar-refractivity contribution >= 4 is 34.3 Å². The number of carbonyl (C=O) groups excluding carboxylic acids is 3. The number of para-hydroxylation sites is 1. The summed E-state index contributed by atoms with van der Waals surface area (Å²) in [5, 5.41) is 12.1. The normalized spacial score (nSPS) is 16.9. The van der Waals surface area contributed by atoms with E-state index in [4.69, 9.17) is 4.74 Å². The first-order valence-corrected chi connectivity index (χ1v) is 11.7. The van der Waals surface area contributed by atoms with Gasteiger partial charge in [0, 0.05) is 29.2 Å². The first kappa shape index (κ1) is 24.0. The van der Waals surface area contributed by atoms with Crippen LogP contribution in [0.2, 0.25) is 0 Å². The standard InChI is InChI=1S/C29H23FN2O5/c1-37-29(36)19-8-6-17(7-9-19)25-24(26(33)18-10-12-21(30)13-11-18)27(34)28(35)32(25)15-14-20-16-31-23-5-3-2-4-22(20)23/h2-13,16,25,31,33H,14-15H2,1H3/b26-24+. The molecule has 37 heavy (non-hydrogen) atoms. The lowest BCUT2D eigenvalue weighted by Crippen LogP contribution is -2.31. The van der Waals surface area contributed by atoms with E-state index in [0.717, 1.165) is 16.5 Å². The van der Waals surface area contributed by atoms with Gasteiger partial charge in [-0.2, -0.15) is 0 Å². The molecule has 1 saturated heterocycles. The fourth-order valence-electron chi connectivity index (χ4n) is 4.72. The highest BCUT2D eigenvalue weighted by Gasteiger charge is 2.45. The molecule has 1 unspecified atom stereocenters. The number of halogens is 1. The summed E-state index contributed by atoms with van der Waals surface area (Å²) in [7, 11) is 1.28. The largest absolute Gasteiger partial charge is 0.507 e. The molecule has 1 aliphatic heterocycles. The second-order valence-electron chi connectivity index (χ2n) is 8.72. The minimum absolute atomic E-state index is 0.0960. The number of fused-ring (bicyclic) bond motifs is 1. The number of rotatable bonds is 6. The quantitative estimate of drug-likeness (QED) is 0.173. The molecule has 4 aromatic rings. The van der Waals surface area contributed by atoms with Gasteiger partial charge in [-0.1, -0.05) is 30.3 Å². The van der Waals surface area contributed by atoms with E-state index in [0.29, 0.717) is 17.5 Å². The molecule has 1 fully saturated rings. The number of carbonyl (C=O) groups is 3. The fourth-order valence-corrected chi connectivity index (χ4v) is 4.72. The SMILES string of the molecule is COC(=O)c1ccc(C2/C(=C(\O)c3ccc(F)cc3)C(=O)C(=O)N2CCc2c[nH]c3ccccc23)cc1. The highest BCUT2D eigenvalue weighted by molar-refractivity contribution is 6.46. The van der Waals surface area contributed by atoms with Gasteiger partial charge in [0.2, 0.25) is 0 Å². The molecular weight excluding hydrogens is 475 g/mol. The zero-order chi connectivity index (χ0) is 26.1. The predicted octanol–water partition coefficient (Wildman–Crippen LogP) is 4.76. The van der Waals surface area contributed by atoms with Crippen molar-refractivity contribution in [1.82, 2.24) is 9.88 Å². The highest BCUT2D eigenvalue weighted by Crippen LogP contribution is 2.39. The molecule has 1 aliphatic rings. The van der Waals surface area contributed by atoms with Crippen LogP contribution in [0.25, 0.3) is 16.7 Å². The summed E-state index contributed by atoms with van der Waals surface area (Å²) < 4.78 is 18.2. The van der Waals surface area contributed by atoms with Crippen LogP contribution in [0.15, 0.2) is 84.6 Å². The third-order valence-electron chi connectivity index (χ3n) is 6.60. The molecule has 1 aromatic heterocycles. The van der Waals surface area contributed by atoms with Gasteiger partial charge in [0.05, 0.1) is 24.3 Å². The predicted molar refractivity (Wildman–Crippen MR) is 135 cm³/mol. The molecule has 2 N–H and O–H groups in total. The molecule has 0 bridgehead atoms. The van der Waals surface area contributed by atoms with Gasteiger partial charge in [-0.3, -0.25) is 9.59 Å². The maximum absolute atomic E-state index is 13.5. The Hall–Kier alpha value is -4.72. The van der Waals surface area contributed by atoms with E-state index in [2.05, 4.69) is 4.98 Å². The van der Waals surface area contributed by atoms with E-state index in [9.17, 15) is 23.9 Å². The molecule has 5 rings (SSSR count). The maximum atomic E-state index is 13.5. The number of benzene rings is 3. The zero-order valence-electron chi connectivity index (χ0n) is 19.9.